The minimum absolute atomic E-state index is 0.0420. The van der Waals surface area contributed by atoms with Crippen LogP contribution in [0.1, 0.15) is 124 Å². The number of carbonyl (C=O) groups excluding carboxylic acids is 2. The zero-order valence-corrected chi connectivity index (χ0v) is 22.5. The lowest BCUT2D eigenvalue weighted by atomic mass is 9.47. The maximum atomic E-state index is 12.8. The summed E-state index contributed by atoms with van der Waals surface area (Å²) < 4.78 is 6.23. The Morgan fingerprint density at radius 2 is 1.68 bits per heavy atom. The molecule has 34 heavy (non-hydrogen) atoms. The Balaban J connectivity index is 1.32. The van der Waals surface area contributed by atoms with E-state index in [1.165, 1.54) is 56.9 Å². The number of hydrogen-bond acceptors (Lipinski definition) is 3. The van der Waals surface area contributed by atoms with Gasteiger partial charge in [-0.05, 0) is 80.1 Å². The highest BCUT2D eigenvalue weighted by atomic mass is 16.5. The lowest BCUT2D eigenvalue weighted by Crippen LogP contribution is -2.54. The van der Waals surface area contributed by atoms with Crippen molar-refractivity contribution in [2.45, 2.75) is 130 Å². The highest BCUT2D eigenvalue weighted by Gasteiger charge is 2.60. The van der Waals surface area contributed by atoms with Gasteiger partial charge in [0, 0.05) is 18.3 Å². The van der Waals surface area contributed by atoms with Gasteiger partial charge in [0.05, 0.1) is 0 Å². The molecule has 0 spiro atoms. The monoisotopic (exact) mass is 470 g/mol. The van der Waals surface area contributed by atoms with Crippen LogP contribution in [-0.2, 0) is 14.3 Å². The third kappa shape index (κ3) is 5.34. The molecule has 0 radical (unpaired) electrons. The molecular formula is C31H50O3. The SMILES string of the molecule is CCCCCCCCCCC(=O)O[C@H]1CC[C@H]2[C@H]3[C@H]([C@@H](C)C[C@]12C)[C@H]1CCC(=O)C=C1C[C@H]3C. The van der Waals surface area contributed by atoms with Gasteiger partial charge in [-0.3, -0.25) is 9.59 Å². The second kappa shape index (κ2) is 11.3. The Kier molecular flexibility index (Phi) is 8.62. The van der Waals surface area contributed by atoms with Gasteiger partial charge in [0.25, 0.3) is 0 Å². The predicted molar refractivity (Wildman–Crippen MR) is 138 cm³/mol. The van der Waals surface area contributed by atoms with Gasteiger partial charge in [-0.2, -0.15) is 0 Å². The van der Waals surface area contributed by atoms with Crippen LogP contribution < -0.4 is 0 Å². The van der Waals surface area contributed by atoms with Crippen LogP contribution in [0, 0.1) is 40.9 Å². The number of ether oxygens (including phenoxy) is 1. The molecule has 4 aliphatic rings. The predicted octanol–water partition coefficient (Wildman–Crippen LogP) is 8.06. The first-order chi connectivity index (χ1) is 16.3. The van der Waals surface area contributed by atoms with Crippen molar-refractivity contribution < 1.29 is 14.3 Å². The second-order valence-electron chi connectivity index (χ2n) is 12.7. The van der Waals surface area contributed by atoms with Crippen molar-refractivity contribution >= 4 is 11.8 Å². The van der Waals surface area contributed by atoms with Crippen molar-refractivity contribution in [2.75, 3.05) is 0 Å². The summed E-state index contributed by atoms with van der Waals surface area (Å²) in [5.41, 5.74) is 1.57. The van der Waals surface area contributed by atoms with E-state index in [9.17, 15) is 9.59 Å². The molecule has 3 heteroatoms. The van der Waals surface area contributed by atoms with Crippen LogP contribution in [0.2, 0.25) is 0 Å². The molecule has 8 atom stereocenters. The fraction of sp³-hybridized carbons (Fsp3) is 0.871. The molecule has 3 saturated carbocycles. The van der Waals surface area contributed by atoms with Crippen LogP contribution in [0.5, 0.6) is 0 Å². The molecule has 4 aliphatic carbocycles. The third-order valence-corrected chi connectivity index (χ3v) is 10.4. The number of hydrogen-bond donors (Lipinski definition) is 0. The van der Waals surface area contributed by atoms with Gasteiger partial charge in [-0.1, -0.05) is 78.2 Å². The average molecular weight is 471 g/mol. The van der Waals surface area contributed by atoms with Crippen LogP contribution in [0.3, 0.4) is 0 Å². The summed E-state index contributed by atoms with van der Waals surface area (Å²) in [6, 6.07) is 0. The van der Waals surface area contributed by atoms with Gasteiger partial charge in [-0.15, -0.1) is 0 Å². The zero-order chi connectivity index (χ0) is 24.3. The first-order valence-electron chi connectivity index (χ1n) is 14.8. The Hall–Kier alpha value is -1.12. The van der Waals surface area contributed by atoms with Crippen molar-refractivity contribution in [1.82, 2.24) is 0 Å². The largest absolute Gasteiger partial charge is 0.462 e. The summed E-state index contributed by atoms with van der Waals surface area (Å²) in [7, 11) is 0. The maximum Gasteiger partial charge on any atom is 0.306 e. The minimum atomic E-state index is 0.0420. The van der Waals surface area contributed by atoms with E-state index in [0.717, 1.165) is 38.5 Å². The maximum absolute atomic E-state index is 12.8. The Morgan fingerprint density at radius 3 is 2.41 bits per heavy atom. The first-order valence-corrected chi connectivity index (χ1v) is 14.8. The van der Waals surface area contributed by atoms with Gasteiger partial charge < -0.3 is 4.74 Å². The van der Waals surface area contributed by atoms with Gasteiger partial charge in [0.1, 0.15) is 6.10 Å². The van der Waals surface area contributed by atoms with E-state index in [0.29, 0.717) is 47.7 Å². The molecule has 3 fully saturated rings. The van der Waals surface area contributed by atoms with E-state index in [-0.39, 0.29) is 17.5 Å². The fourth-order valence-electron chi connectivity index (χ4n) is 8.90. The molecule has 0 saturated heterocycles. The van der Waals surface area contributed by atoms with Crippen molar-refractivity contribution in [3.05, 3.63) is 11.6 Å². The summed E-state index contributed by atoms with van der Waals surface area (Å²) in [6.07, 6.45) is 19.0. The molecule has 0 amide bonds. The molecule has 0 aliphatic heterocycles. The molecule has 192 valence electrons. The molecule has 3 nitrogen and oxygen atoms in total. The summed E-state index contributed by atoms with van der Waals surface area (Å²) in [5, 5.41) is 0. The molecule has 0 bridgehead atoms. The molecule has 0 aromatic carbocycles. The van der Waals surface area contributed by atoms with Crippen LogP contribution in [0.4, 0.5) is 0 Å². The number of ketones is 1. The van der Waals surface area contributed by atoms with Crippen LogP contribution in [-0.4, -0.2) is 17.9 Å². The summed E-state index contributed by atoms with van der Waals surface area (Å²) in [6.45, 7) is 9.57. The van der Waals surface area contributed by atoms with E-state index in [4.69, 9.17) is 4.74 Å². The lowest BCUT2D eigenvalue weighted by Gasteiger charge is -2.58. The van der Waals surface area contributed by atoms with E-state index in [1.807, 2.05) is 6.08 Å². The molecule has 0 N–H and O–H groups in total. The van der Waals surface area contributed by atoms with Crippen LogP contribution in [0.15, 0.2) is 11.6 Å². The number of esters is 1. The quantitative estimate of drug-likeness (QED) is 0.239. The van der Waals surface area contributed by atoms with Gasteiger partial charge in [0.2, 0.25) is 0 Å². The van der Waals surface area contributed by atoms with Gasteiger partial charge in [0.15, 0.2) is 5.78 Å². The standard InChI is InChI=1S/C31H50O3/c1-5-6-7-8-9-10-11-12-13-28(33)34-27-17-16-26-30-21(2)18-23-19-24(32)14-15-25(23)29(30)22(3)20-31(26,27)4/h19,21-22,25-27,29-30H,5-18,20H2,1-4H3/t21-,22+,25+,26+,27+,29-,30+,31+/m1/s1. The molecule has 4 rings (SSSR count). The third-order valence-electron chi connectivity index (χ3n) is 10.4. The van der Waals surface area contributed by atoms with E-state index < -0.39 is 0 Å². The number of carbonyl (C=O) groups is 2. The van der Waals surface area contributed by atoms with E-state index in [1.54, 1.807) is 0 Å². The van der Waals surface area contributed by atoms with Crippen molar-refractivity contribution in [2.24, 2.45) is 40.9 Å². The Bertz CT molecular complexity index is 754. The topological polar surface area (TPSA) is 43.4 Å². The lowest BCUT2D eigenvalue weighted by molar-refractivity contribution is -0.162. The van der Waals surface area contributed by atoms with Crippen LogP contribution >= 0.6 is 0 Å². The van der Waals surface area contributed by atoms with Crippen molar-refractivity contribution in [3.63, 3.8) is 0 Å². The van der Waals surface area contributed by atoms with Gasteiger partial charge >= 0.3 is 5.97 Å². The summed E-state index contributed by atoms with van der Waals surface area (Å²) >= 11 is 0. The normalized spacial score (nSPS) is 39.1. The highest BCUT2D eigenvalue weighted by molar-refractivity contribution is 5.91. The number of unbranched alkanes of at least 4 members (excludes halogenated alkanes) is 7. The molecule has 0 heterocycles. The highest BCUT2D eigenvalue weighted by Crippen LogP contribution is 2.65. The Labute approximate surface area is 208 Å². The average Bonchev–Trinajstić information content (AvgIpc) is 3.10. The molecule has 0 aromatic rings. The Morgan fingerprint density at radius 1 is 0.971 bits per heavy atom. The first kappa shape index (κ1) is 26.0. The summed E-state index contributed by atoms with van der Waals surface area (Å²) in [4.78, 5) is 24.9. The summed E-state index contributed by atoms with van der Waals surface area (Å²) in [5.74, 6) is 4.31. The van der Waals surface area contributed by atoms with E-state index >= 15 is 0 Å². The minimum Gasteiger partial charge on any atom is -0.462 e. The van der Waals surface area contributed by atoms with Crippen LogP contribution in [0.25, 0.3) is 0 Å². The fourth-order valence-corrected chi connectivity index (χ4v) is 8.90. The molecule has 0 aromatic heterocycles. The molecular weight excluding hydrogens is 420 g/mol. The molecule has 0 unspecified atom stereocenters. The zero-order valence-electron chi connectivity index (χ0n) is 22.5. The number of rotatable bonds is 10. The second-order valence-corrected chi connectivity index (χ2v) is 12.7. The van der Waals surface area contributed by atoms with Gasteiger partial charge in [-0.25, -0.2) is 0 Å². The smallest absolute Gasteiger partial charge is 0.306 e. The van der Waals surface area contributed by atoms with E-state index in [2.05, 4.69) is 27.7 Å². The van der Waals surface area contributed by atoms with Crippen molar-refractivity contribution in [3.8, 4) is 0 Å². The number of allylic oxidation sites excluding steroid dienone is 1. The van der Waals surface area contributed by atoms with Crippen molar-refractivity contribution in [1.29, 1.82) is 0 Å². The number of fused-ring (bicyclic) bond motifs is 5.